The summed E-state index contributed by atoms with van der Waals surface area (Å²) in [4.78, 5) is 12.3. The second kappa shape index (κ2) is 6.35. The number of halogens is 1. The minimum absolute atomic E-state index is 0.00259. The molecule has 0 saturated carbocycles. The quantitative estimate of drug-likeness (QED) is 0.844. The zero-order chi connectivity index (χ0) is 17.6. The topological polar surface area (TPSA) is 95.1 Å². The van der Waals surface area contributed by atoms with E-state index >= 15 is 0 Å². The molecule has 1 fully saturated rings. The van der Waals surface area contributed by atoms with Crippen molar-refractivity contribution >= 4 is 28.8 Å². The lowest BCUT2D eigenvalue weighted by Gasteiger charge is -2.45. The lowest BCUT2D eigenvalue weighted by Crippen LogP contribution is -2.49. The zero-order valence-corrected chi connectivity index (χ0v) is 15.4. The second-order valence-electron chi connectivity index (χ2n) is 6.83. The number of hydrogen-bond acceptors (Lipinski definition) is 6. The highest BCUT2D eigenvalue weighted by Gasteiger charge is 2.46. The maximum atomic E-state index is 11.1. The number of nitrogens with zero attached hydrogens (tertiary/aromatic N) is 3. The van der Waals surface area contributed by atoms with E-state index in [0.717, 1.165) is 29.3 Å². The number of nitrogens with one attached hydrogen (secondary N) is 1. The summed E-state index contributed by atoms with van der Waals surface area (Å²) in [5.74, 6) is -0.439. The summed E-state index contributed by atoms with van der Waals surface area (Å²) < 4.78 is 8.61. The lowest BCUT2D eigenvalue weighted by atomic mass is 9.79. The Bertz CT molecular complexity index is 806. The molecule has 0 aliphatic carbocycles. The number of piperidine rings is 1. The van der Waals surface area contributed by atoms with Gasteiger partial charge >= 0.3 is 0 Å². The summed E-state index contributed by atoms with van der Waals surface area (Å²) in [6, 6.07) is 2.32. The first-order chi connectivity index (χ1) is 11.9. The molecule has 4 rings (SSSR count). The normalized spacial score (nSPS) is 28.9. The maximum absolute atomic E-state index is 11.1. The molecule has 3 N–H and O–H groups in total. The van der Waals surface area contributed by atoms with Crippen molar-refractivity contribution in [1.82, 2.24) is 20.3 Å². The smallest absolute Gasteiger partial charge is 0.239 e. The number of ether oxygens (including phenoxy) is 1. The van der Waals surface area contributed by atoms with E-state index in [4.69, 9.17) is 22.1 Å². The number of thiophene rings is 1. The highest BCUT2D eigenvalue weighted by Crippen LogP contribution is 2.49. The first-order valence-electron chi connectivity index (χ1n) is 8.32. The van der Waals surface area contributed by atoms with E-state index in [-0.39, 0.29) is 24.2 Å². The fraction of sp³-hybridized carbons (Fsp3) is 0.562. The largest absolute Gasteiger partial charge is 0.369 e. The summed E-state index contributed by atoms with van der Waals surface area (Å²) in [5, 5.41) is 11.8. The molecular weight excluding hydrogens is 362 g/mol. The van der Waals surface area contributed by atoms with Gasteiger partial charge in [-0.2, -0.15) is 0 Å². The molecule has 7 nitrogen and oxygen atoms in total. The number of aromatic nitrogens is 3. The van der Waals surface area contributed by atoms with Gasteiger partial charge in [-0.3, -0.25) is 4.79 Å². The standard InChI is InChI=1S/C16H20ClN5O2S/c1-9-5-16(15-10(2-3-24-16)4-13(17)25-15)6-11(19-9)12-7-22(21-20-12)8-14(18)23/h4,7,9,11,19H,2-3,5-6,8H2,1H3,(H2,18,23)/t9-,11-,16-/m0/s1. The third-order valence-corrected chi connectivity index (χ3v) is 6.32. The van der Waals surface area contributed by atoms with Crippen molar-refractivity contribution in [2.24, 2.45) is 5.73 Å². The summed E-state index contributed by atoms with van der Waals surface area (Å²) in [5.41, 5.74) is 6.98. The van der Waals surface area contributed by atoms with Gasteiger partial charge in [-0.1, -0.05) is 16.8 Å². The molecule has 2 aliphatic rings. The van der Waals surface area contributed by atoms with Crippen molar-refractivity contribution < 1.29 is 9.53 Å². The molecule has 25 heavy (non-hydrogen) atoms. The summed E-state index contributed by atoms with van der Waals surface area (Å²) in [6.07, 6.45) is 4.33. The summed E-state index contributed by atoms with van der Waals surface area (Å²) in [6.45, 7) is 2.88. The van der Waals surface area contributed by atoms with Crippen LogP contribution in [0.2, 0.25) is 4.34 Å². The molecule has 134 valence electrons. The van der Waals surface area contributed by atoms with E-state index in [1.54, 1.807) is 17.5 Å². The van der Waals surface area contributed by atoms with Crippen molar-refractivity contribution in [1.29, 1.82) is 0 Å². The molecule has 0 aromatic carbocycles. The number of hydrogen-bond donors (Lipinski definition) is 2. The maximum Gasteiger partial charge on any atom is 0.239 e. The van der Waals surface area contributed by atoms with Gasteiger partial charge in [0.25, 0.3) is 0 Å². The van der Waals surface area contributed by atoms with Gasteiger partial charge in [-0.25, -0.2) is 4.68 Å². The van der Waals surface area contributed by atoms with Gasteiger partial charge in [0.05, 0.1) is 28.9 Å². The van der Waals surface area contributed by atoms with Gasteiger partial charge < -0.3 is 15.8 Å². The van der Waals surface area contributed by atoms with Crippen molar-refractivity contribution in [3.63, 3.8) is 0 Å². The van der Waals surface area contributed by atoms with Crippen LogP contribution in [0.4, 0.5) is 0 Å². The average Bonchev–Trinajstić information content (AvgIpc) is 3.13. The SMILES string of the molecule is C[C@H]1C[C@@]2(C[C@@H](c3cn(CC(N)=O)nn3)N1)OCCc1cc(Cl)sc12. The predicted octanol–water partition coefficient (Wildman–Crippen LogP) is 1.76. The predicted molar refractivity (Wildman–Crippen MR) is 94.5 cm³/mol. The minimum atomic E-state index is -0.439. The van der Waals surface area contributed by atoms with Crippen LogP contribution in [0.15, 0.2) is 12.3 Å². The Morgan fingerprint density at radius 1 is 1.60 bits per heavy atom. The number of rotatable bonds is 3. The van der Waals surface area contributed by atoms with Crippen molar-refractivity contribution in [3.05, 3.63) is 32.7 Å². The molecule has 0 bridgehead atoms. The zero-order valence-electron chi connectivity index (χ0n) is 13.9. The monoisotopic (exact) mass is 381 g/mol. The molecule has 1 saturated heterocycles. The first kappa shape index (κ1) is 17.0. The van der Waals surface area contributed by atoms with Crippen LogP contribution in [-0.4, -0.2) is 33.5 Å². The van der Waals surface area contributed by atoms with Crippen LogP contribution >= 0.6 is 22.9 Å². The molecule has 2 aliphatic heterocycles. The third-order valence-electron chi connectivity index (χ3n) is 4.83. The summed E-state index contributed by atoms with van der Waals surface area (Å²) >= 11 is 7.89. The van der Waals surface area contributed by atoms with Gasteiger partial charge in [0.2, 0.25) is 5.91 Å². The third kappa shape index (κ3) is 3.19. The van der Waals surface area contributed by atoms with Gasteiger partial charge in [0.15, 0.2) is 0 Å². The van der Waals surface area contributed by atoms with Crippen LogP contribution in [0.25, 0.3) is 0 Å². The molecule has 2 aromatic rings. The number of fused-ring (bicyclic) bond motifs is 2. The van der Waals surface area contributed by atoms with Gasteiger partial charge in [-0.05, 0) is 31.4 Å². The van der Waals surface area contributed by atoms with Crippen LogP contribution in [-0.2, 0) is 28.1 Å². The first-order valence-corrected chi connectivity index (χ1v) is 9.52. The second-order valence-corrected chi connectivity index (χ2v) is 8.52. The van der Waals surface area contributed by atoms with Gasteiger partial charge in [0.1, 0.15) is 12.1 Å². The number of carbonyl (C=O) groups excluding carboxylic acids is 1. The van der Waals surface area contributed by atoms with Crippen molar-refractivity contribution in [2.75, 3.05) is 6.61 Å². The van der Waals surface area contributed by atoms with E-state index in [1.807, 2.05) is 0 Å². The molecule has 0 radical (unpaired) electrons. The number of carbonyl (C=O) groups is 1. The van der Waals surface area contributed by atoms with Crippen molar-refractivity contribution in [3.8, 4) is 0 Å². The molecule has 1 amide bonds. The van der Waals surface area contributed by atoms with Crippen molar-refractivity contribution in [2.45, 2.75) is 50.4 Å². The molecule has 1 spiro atoms. The van der Waals surface area contributed by atoms with E-state index in [1.165, 1.54) is 15.1 Å². The fourth-order valence-corrected chi connectivity index (χ4v) is 5.42. The lowest BCUT2D eigenvalue weighted by molar-refractivity contribution is -0.118. The Morgan fingerprint density at radius 3 is 3.24 bits per heavy atom. The van der Waals surface area contributed by atoms with Crippen LogP contribution in [0, 0.1) is 0 Å². The van der Waals surface area contributed by atoms with E-state index in [9.17, 15) is 4.79 Å². The highest BCUT2D eigenvalue weighted by molar-refractivity contribution is 7.16. The van der Waals surface area contributed by atoms with Gasteiger partial charge in [-0.15, -0.1) is 16.4 Å². The molecular formula is C16H20ClN5O2S. The number of primary amides is 1. The van der Waals surface area contributed by atoms with E-state index in [2.05, 4.69) is 28.6 Å². The van der Waals surface area contributed by atoms with Gasteiger partial charge in [0, 0.05) is 17.3 Å². The Balaban J connectivity index is 1.64. The average molecular weight is 382 g/mol. The molecule has 0 unspecified atom stereocenters. The molecule has 2 aromatic heterocycles. The minimum Gasteiger partial charge on any atom is -0.369 e. The number of amides is 1. The Kier molecular flexibility index (Phi) is 4.31. The Morgan fingerprint density at radius 2 is 2.44 bits per heavy atom. The van der Waals surface area contributed by atoms with Crippen LogP contribution < -0.4 is 11.1 Å². The summed E-state index contributed by atoms with van der Waals surface area (Å²) in [7, 11) is 0. The molecule has 4 heterocycles. The van der Waals surface area contributed by atoms with E-state index < -0.39 is 5.91 Å². The molecule has 9 heteroatoms. The van der Waals surface area contributed by atoms with E-state index in [0.29, 0.717) is 6.61 Å². The Hall–Kier alpha value is -1.48. The number of nitrogens with two attached hydrogens (primary N) is 1. The van der Waals surface area contributed by atoms with Crippen LogP contribution in [0.5, 0.6) is 0 Å². The van der Waals surface area contributed by atoms with Crippen LogP contribution in [0.1, 0.15) is 41.9 Å². The molecule has 3 atom stereocenters. The Labute approximate surface area is 154 Å². The highest BCUT2D eigenvalue weighted by atomic mass is 35.5. The fourth-order valence-electron chi connectivity index (χ4n) is 3.96. The van der Waals surface area contributed by atoms with Crippen LogP contribution in [0.3, 0.4) is 0 Å².